The maximum absolute atomic E-state index is 12.2. The summed E-state index contributed by atoms with van der Waals surface area (Å²) in [5.74, 6) is 0.420. The zero-order valence-electron chi connectivity index (χ0n) is 10.8. The van der Waals surface area contributed by atoms with E-state index in [4.69, 9.17) is 5.73 Å². The Kier molecular flexibility index (Phi) is 5.22. The van der Waals surface area contributed by atoms with Gasteiger partial charge in [0.15, 0.2) is 0 Å². The Bertz CT molecular complexity index is 232. The molecular weight excluding hydrogens is 202 g/mol. The molecule has 1 fully saturated rings. The number of piperazine rings is 1. The second-order valence-electron chi connectivity index (χ2n) is 4.97. The van der Waals surface area contributed by atoms with Gasteiger partial charge in [0.2, 0.25) is 5.91 Å². The Hall–Kier alpha value is -0.610. The summed E-state index contributed by atoms with van der Waals surface area (Å²) in [5.41, 5.74) is 5.47. The van der Waals surface area contributed by atoms with Gasteiger partial charge < -0.3 is 15.5 Å². The first-order chi connectivity index (χ1) is 7.56. The highest BCUT2D eigenvalue weighted by Crippen LogP contribution is 2.15. The first-order valence-electron chi connectivity index (χ1n) is 6.25. The fourth-order valence-electron chi connectivity index (χ4n) is 2.30. The number of likely N-dealkylation sites (N-methyl/N-ethyl adjacent to an activating group) is 1. The van der Waals surface area contributed by atoms with Crippen LogP contribution >= 0.6 is 0 Å². The molecule has 1 aliphatic heterocycles. The lowest BCUT2D eigenvalue weighted by molar-refractivity contribution is -0.139. The summed E-state index contributed by atoms with van der Waals surface area (Å²) < 4.78 is 0. The van der Waals surface area contributed by atoms with Crippen molar-refractivity contribution < 1.29 is 4.79 Å². The maximum atomic E-state index is 12.2. The van der Waals surface area contributed by atoms with E-state index in [0.717, 1.165) is 32.5 Å². The minimum absolute atomic E-state index is 0.120. The van der Waals surface area contributed by atoms with Gasteiger partial charge >= 0.3 is 0 Å². The molecular formula is C12H25N3O. The molecule has 2 unspecified atom stereocenters. The largest absolute Gasteiger partial charge is 0.337 e. The molecule has 1 heterocycles. The topological polar surface area (TPSA) is 49.6 Å². The quantitative estimate of drug-likeness (QED) is 0.762. The van der Waals surface area contributed by atoms with Crippen LogP contribution in [0.15, 0.2) is 0 Å². The molecule has 94 valence electrons. The second kappa shape index (κ2) is 6.21. The molecule has 2 atom stereocenters. The van der Waals surface area contributed by atoms with E-state index in [-0.39, 0.29) is 5.92 Å². The van der Waals surface area contributed by atoms with Crippen LogP contribution in [-0.4, -0.2) is 55.0 Å². The van der Waals surface area contributed by atoms with Crippen molar-refractivity contribution in [2.75, 3.05) is 33.2 Å². The van der Waals surface area contributed by atoms with Crippen LogP contribution in [0.4, 0.5) is 0 Å². The number of carbonyl (C=O) groups excluding carboxylic acids is 1. The van der Waals surface area contributed by atoms with Crippen LogP contribution in [0.25, 0.3) is 0 Å². The predicted molar refractivity (Wildman–Crippen MR) is 66.1 cm³/mol. The Morgan fingerprint density at radius 3 is 2.75 bits per heavy atom. The first kappa shape index (κ1) is 13.5. The highest BCUT2D eigenvalue weighted by molar-refractivity contribution is 5.78. The molecule has 0 saturated carbocycles. The standard InChI is InChI=1S/C12H25N3O/c1-10(5-4-6-13)12(16)15-8-7-14(3)9-11(15)2/h10-11H,4-9,13H2,1-3H3. The van der Waals surface area contributed by atoms with Crippen molar-refractivity contribution in [3.05, 3.63) is 0 Å². The number of hydrogen-bond donors (Lipinski definition) is 1. The van der Waals surface area contributed by atoms with Gasteiger partial charge in [-0.05, 0) is 33.4 Å². The van der Waals surface area contributed by atoms with Crippen molar-refractivity contribution in [1.82, 2.24) is 9.80 Å². The van der Waals surface area contributed by atoms with Gasteiger partial charge in [0, 0.05) is 31.6 Å². The molecule has 0 aromatic rings. The van der Waals surface area contributed by atoms with Crippen LogP contribution in [0.5, 0.6) is 0 Å². The Balaban J connectivity index is 2.46. The summed E-state index contributed by atoms with van der Waals surface area (Å²) in [6.07, 6.45) is 1.85. The van der Waals surface area contributed by atoms with Gasteiger partial charge in [0.25, 0.3) is 0 Å². The van der Waals surface area contributed by atoms with Gasteiger partial charge in [-0.2, -0.15) is 0 Å². The number of nitrogens with two attached hydrogens (primary N) is 1. The molecule has 1 aliphatic rings. The Morgan fingerprint density at radius 2 is 2.19 bits per heavy atom. The van der Waals surface area contributed by atoms with Crippen molar-refractivity contribution in [3.63, 3.8) is 0 Å². The number of amides is 1. The van der Waals surface area contributed by atoms with E-state index in [9.17, 15) is 4.79 Å². The predicted octanol–water partition coefficient (Wildman–Crippen LogP) is 0.524. The monoisotopic (exact) mass is 227 g/mol. The van der Waals surface area contributed by atoms with E-state index in [1.165, 1.54) is 0 Å². The number of carbonyl (C=O) groups is 1. The van der Waals surface area contributed by atoms with E-state index < -0.39 is 0 Å². The fourth-order valence-corrected chi connectivity index (χ4v) is 2.30. The summed E-state index contributed by atoms with van der Waals surface area (Å²) in [6, 6.07) is 0.339. The van der Waals surface area contributed by atoms with Gasteiger partial charge in [-0.15, -0.1) is 0 Å². The highest BCUT2D eigenvalue weighted by Gasteiger charge is 2.28. The third kappa shape index (κ3) is 3.46. The summed E-state index contributed by atoms with van der Waals surface area (Å²) >= 11 is 0. The minimum atomic E-state index is 0.120. The first-order valence-corrected chi connectivity index (χ1v) is 6.25. The van der Waals surface area contributed by atoms with Crippen LogP contribution in [-0.2, 0) is 4.79 Å². The van der Waals surface area contributed by atoms with Gasteiger partial charge in [-0.1, -0.05) is 6.92 Å². The number of rotatable bonds is 4. The number of hydrogen-bond acceptors (Lipinski definition) is 3. The summed E-state index contributed by atoms with van der Waals surface area (Å²) in [7, 11) is 2.11. The lowest BCUT2D eigenvalue weighted by atomic mass is 10.0. The molecule has 2 N–H and O–H groups in total. The molecule has 1 saturated heterocycles. The van der Waals surface area contributed by atoms with Crippen LogP contribution < -0.4 is 5.73 Å². The van der Waals surface area contributed by atoms with Crippen molar-refractivity contribution in [2.24, 2.45) is 11.7 Å². The molecule has 0 bridgehead atoms. The van der Waals surface area contributed by atoms with Crippen LogP contribution in [0, 0.1) is 5.92 Å². The molecule has 4 nitrogen and oxygen atoms in total. The van der Waals surface area contributed by atoms with Gasteiger partial charge in [0.05, 0.1) is 0 Å². The molecule has 1 amide bonds. The normalized spacial score (nSPS) is 24.5. The fraction of sp³-hybridized carbons (Fsp3) is 0.917. The summed E-state index contributed by atoms with van der Waals surface area (Å²) in [6.45, 7) is 7.65. The van der Waals surface area contributed by atoms with E-state index in [1.807, 2.05) is 11.8 Å². The third-order valence-corrected chi connectivity index (χ3v) is 3.38. The SMILES string of the molecule is CC(CCCN)C(=O)N1CCN(C)CC1C. The smallest absolute Gasteiger partial charge is 0.225 e. The minimum Gasteiger partial charge on any atom is -0.337 e. The van der Waals surface area contributed by atoms with E-state index in [0.29, 0.717) is 18.5 Å². The lowest BCUT2D eigenvalue weighted by Gasteiger charge is -2.39. The Morgan fingerprint density at radius 1 is 1.50 bits per heavy atom. The summed E-state index contributed by atoms with van der Waals surface area (Å²) in [4.78, 5) is 16.5. The van der Waals surface area contributed by atoms with E-state index in [1.54, 1.807) is 0 Å². The van der Waals surface area contributed by atoms with Crippen LogP contribution in [0.3, 0.4) is 0 Å². The zero-order chi connectivity index (χ0) is 12.1. The second-order valence-corrected chi connectivity index (χ2v) is 4.97. The molecule has 0 radical (unpaired) electrons. The average molecular weight is 227 g/mol. The van der Waals surface area contributed by atoms with Crippen molar-refractivity contribution in [2.45, 2.75) is 32.7 Å². The average Bonchev–Trinajstić information content (AvgIpc) is 2.25. The lowest BCUT2D eigenvalue weighted by Crippen LogP contribution is -2.54. The zero-order valence-corrected chi connectivity index (χ0v) is 10.8. The molecule has 1 rings (SSSR count). The van der Waals surface area contributed by atoms with Crippen LogP contribution in [0.2, 0.25) is 0 Å². The van der Waals surface area contributed by atoms with E-state index >= 15 is 0 Å². The van der Waals surface area contributed by atoms with Crippen molar-refractivity contribution >= 4 is 5.91 Å². The van der Waals surface area contributed by atoms with Crippen molar-refractivity contribution in [3.8, 4) is 0 Å². The van der Waals surface area contributed by atoms with Gasteiger partial charge in [-0.25, -0.2) is 0 Å². The van der Waals surface area contributed by atoms with Crippen molar-refractivity contribution in [1.29, 1.82) is 0 Å². The molecule has 0 aromatic heterocycles. The Labute approximate surface area is 98.8 Å². The maximum Gasteiger partial charge on any atom is 0.225 e. The number of nitrogens with zero attached hydrogens (tertiary/aromatic N) is 2. The molecule has 0 aliphatic carbocycles. The third-order valence-electron chi connectivity index (χ3n) is 3.38. The highest BCUT2D eigenvalue weighted by atomic mass is 16.2. The molecule has 16 heavy (non-hydrogen) atoms. The van der Waals surface area contributed by atoms with E-state index in [2.05, 4.69) is 18.9 Å². The molecule has 0 aromatic carbocycles. The van der Waals surface area contributed by atoms with Crippen LogP contribution in [0.1, 0.15) is 26.7 Å². The van der Waals surface area contributed by atoms with Gasteiger partial charge in [0.1, 0.15) is 0 Å². The summed E-state index contributed by atoms with van der Waals surface area (Å²) in [5, 5.41) is 0. The molecule has 4 heteroatoms. The van der Waals surface area contributed by atoms with Gasteiger partial charge in [-0.3, -0.25) is 4.79 Å². The molecule has 0 spiro atoms.